The second-order valence-electron chi connectivity index (χ2n) is 8.90. The van der Waals surface area contributed by atoms with Crippen LogP contribution in [0.15, 0.2) is 53.3 Å². The minimum Gasteiger partial charge on any atom is -0.387 e. The van der Waals surface area contributed by atoms with E-state index < -0.39 is 12.5 Å². The van der Waals surface area contributed by atoms with E-state index in [1.807, 2.05) is 32.0 Å². The number of anilines is 1. The van der Waals surface area contributed by atoms with Crippen molar-refractivity contribution >= 4 is 57.4 Å². The van der Waals surface area contributed by atoms with Gasteiger partial charge in [-0.05, 0) is 54.8 Å². The maximum Gasteiger partial charge on any atom is 0.257 e. The van der Waals surface area contributed by atoms with Crippen molar-refractivity contribution in [2.24, 2.45) is 5.92 Å². The van der Waals surface area contributed by atoms with Gasteiger partial charge in [-0.3, -0.25) is 14.2 Å². The minimum atomic E-state index is -0.716. The van der Waals surface area contributed by atoms with E-state index in [1.54, 1.807) is 41.8 Å². The standard InChI is InChI=1S/C27H24Cl3N3O3/c1-14(2)12-33-26-21(24(15(3)27(33)36)31-23(35)13-34)11-20(16-4-6-17(28)7-5-16)25(32-26)19-9-8-18(29)10-22(19)30/h4-11,14,34H,12-13H2,1-3H3,(H,31,35). The summed E-state index contributed by atoms with van der Waals surface area (Å²) in [4.78, 5) is 30.6. The van der Waals surface area contributed by atoms with Crippen molar-refractivity contribution in [3.05, 3.63) is 79.5 Å². The zero-order chi connectivity index (χ0) is 26.1. The number of hydrogen-bond acceptors (Lipinski definition) is 4. The molecular weight excluding hydrogens is 521 g/mol. The summed E-state index contributed by atoms with van der Waals surface area (Å²) in [5, 5.41) is 14.1. The monoisotopic (exact) mass is 543 g/mol. The molecule has 0 aliphatic heterocycles. The smallest absolute Gasteiger partial charge is 0.257 e. The molecule has 186 valence electrons. The predicted octanol–water partition coefficient (Wildman–Crippen LogP) is 6.59. The quantitative estimate of drug-likeness (QED) is 0.287. The molecule has 0 bridgehead atoms. The van der Waals surface area contributed by atoms with Crippen molar-refractivity contribution in [2.45, 2.75) is 27.3 Å². The summed E-state index contributed by atoms with van der Waals surface area (Å²) in [7, 11) is 0. The highest BCUT2D eigenvalue weighted by molar-refractivity contribution is 6.36. The van der Waals surface area contributed by atoms with Gasteiger partial charge in [-0.1, -0.05) is 60.8 Å². The highest BCUT2D eigenvalue weighted by Gasteiger charge is 2.22. The van der Waals surface area contributed by atoms with Crippen LogP contribution in [-0.4, -0.2) is 27.2 Å². The lowest BCUT2D eigenvalue weighted by Gasteiger charge is -2.20. The highest BCUT2D eigenvalue weighted by atomic mass is 35.5. The molecule has 0 aliphatic carbocycles. The van der Waals surface area contributed by atoms with Gasteiger partial charge in [-0.25, -0.2) is 4.98 Å². The number of pyridine rings is 2. The molecule has 0 aliphatic rings. The maximum atomic E-state index is 13.4. The predicted molar refractivity (Wildman–Crippen MR) is 147 cm³/mol. The number of rotatable bonds is 6. The zero-order valence-corrected chi connectivity index (χ0v) is 22.2. The number of aromatic nitrogens is 2. The van der Waals surface area contributed by atoms with Gasteiger partial charge >= 0.3 is 0 Å². The van der Waals surface area contributed by atoms with Crippen LogP contribution in [0.25, 0.3) is 33.4 Å². The van der Waals surface area contributed by atoms with Gasteiger partial charge in [0, 0.05) is 38.7 Å². The molecule has 0 radical (unpaired) electrons. The SMILES string of the molecule is Cc1c(NC(=O)CO)c2cc(-c3ccc(Cl)cc3)c(-c3ccc(Cl)cc3Cl)nc2n(CC(C)C)c1=O. The van der Waals surface area contributed by atoms with Crippen molar-refractivity contribution in [1.82, 2.24) is 9.55 Å². The lowest BCUT2D eigenvalue weighted by Crippen LogP contribution is -2.28. The van der Waals surface area contributed by atoms with Gasteiger partial charge in [0.2, 0.25) is 5.91 Å². The molecule has 1 amide bonds. The molecule has 0 atom stereocenters. The molecule has 6 nitrogen and oxygen atoms in total. The average molecular weight is 545 g/mol. The van der Waals surface area contributed by atoms with Gasteiger partial charge in [0.1, 0.15) is 12.3 Å². The van der Waals surface area contributed by atoms with Gasteiger partial charge in [-0.15, -0.1) is 0 Å². The molecule has 2 aromatic carbocycles. The lowest BCUT2D eigenvalue weighted by atomic mass is 9.97. The van der Waals surface area contributed by atoms with Gasteiger partial charge < -0.3 is 10.4 Å². The van der Waals surface area contributed by atoms with E-state index in [0.29, 0.717) is 55.2 Å². The van der Waals surface area contributed by atoms with E-state index in [1.165, 1.54) is 0 Å². The van der Waals surface area contributed by atoms with E-state index in [-0.39, 0.29) is 11.5 Å². The fraction of sp³-hybridized carbons (Fsp3) is 0.222. The third kappa shape index (κ3) is 5.13. The van der Waals surface area contributed by atoms with Gasteiger partial charge in [0.15, 0.2) is 0 Å². The van der Waals surface area contributed by atoms with Crippen molar-refractivity contribution in [2.75, 3.05) is 11.9 Å². The van der Waals surface area contributed by atoms with Crippen LogP contribution in [0.5, 0.6) is 0 Å². The largest absolute Gasteiger partial charge is 0.387 e. The Kier molecular flexibility index (Phi) is 7.71. The number of nitrogens with one attached hydrogen (secondary N) is 1. The molecule has 0 fully saturated rings. The summed E-state index contributed by atoms with van der Waals surface area (Å²) < 4.78 is 1.61. The fourth-order valence-electron chi connectivity index (χ4n) is 4.11. The van der Waals surface area contributed by atoms with E-state index in [9.17, 15) is 14.7 Å². The third-order valence-electron chi connectivity index (χ3n) is 5.77. The maximum absolute atomic E-state index is 13.4. The number of aliphatic hydroxyl groups excluding tert-OH is 1. The van der Waals surface area contributed by atoms with Gasteiger partial charge in [0.05, 0.1) is 16.4 Å². The Morgan fingerprint density at radius 1 is 1.03 bits per heavy atom. The summed E-state index contributed by atoms with van der Waals surface area (Å²) in [5.74, 6) is -0.471. The first-order valence-corrected chi connectivity index (χ1v) is 12.4. The lowest BCUT2D eigenvalue weighted by molar-refractivity contribution is -0.118. The molecule has 4 aromatic rings. The molecular formula is C27H24Cl3N3O3. The molecule has 36 heavy (non-hydrogen) atoms. The van der Waals surface area contributed by atoms with E-state index in [2.05, 4.69) is 5.32 Å². The van der Waals surface area contributed by atoms with Gasteiger partial charge in [-0.2, -0.15) is 0 Å². The molecule has 0 saturated carbocycles. The molecule has 9 heteroatoms. The fourth-order valence-corrected chi connectivity index (χ4v) is 4.74. The van der Waals surface area contributed by atoms with Crippen LogP contribution in [0.1, 0.15) is 19.4 Å². The number of hydrogen-bond donors (Lipinski definition) is 2. The van der Waals surface area contributed by atoms with Crippen molar-refractivity contribution in [3.63, 3.8) is 0 Å². The molecule has 2 heterocycles. The average Bonchev–Trinajstić information content (AvgIpc) is 2.84. The van der Waals surface area contributed by atoms with Crippen LogP contribution >= 0.6 is 34.8 Å². The normalized spacial score (nSPS) is 11.3. The number of amides is 1. The Bertz CT molecular complexity index is 1530. The van der Waals surface area contributed by atoms with E-state index in [4.69, 9.17) is 39.8 Å². The number of nitrogens with zero attached hydrogens (tertiary/aromatic N) is 2. The van der Waals surface area contributed by atoms with Crippen molar-refractivity contribution < 1.29 is 9.90 Å². The van der Waals surface area contributed by atoms with Crippen LogP contribution in [0.3, 0.4) is 0 Å². The van der Waals surface area contributed by atoms with Crippen LogP contribution < -0.4 is 10.9 Å². The van der Waals surface area contributed by atoms with Crippen LogP contribution in [-0.2, 0) is 11.3 Å². The third-order valence-corrected chi connectivity index (χ3v) is 6.57. The Balaban J connectivity index is 2.17. The number of aliphatic hydroxyl groups is 1. The van der Waals surface area contributed by atoms with Crippen molar-refractivity contribution in [3.8, 4) is 22.4 Å². The second-order valence-corrected chi connectivity index (χ2v) is 10.2. The van der Waals surface area contributed by atoms with Gasteiger partial charge in [0.25, 0.3) is 5.56 Å². The first-order chi connectivity index (χ1) is 17.1. The first-order valence-electron chi connectivity index (χ1n) is 11.3. The minimum absolute atomic E-state index is 0.156. The summed E-state index contributed by atoms with van der Waals surface area (Å²) in [6.07, 6.45) is 0. The Hall–Kier alpha value is -2.90. The Morgan fingerprint density at radius 2 is 1.69 bits per heavy atom. The summed E-state index contributed by atoms with van der Waals surface area (Å²) in [5.41, 5.74) is 3.50. The first kappa shape index (κ1) is 26.2. The molecule has 2 N–H and O–H groups in total. The topological polar surface area (TPSA) is 84.2 Å². The summed E-state index contributed by atoms with van der Waals surface area (Å²) in [6.45, 7) is 5.37. The van der Waals surface area contributed by atoms with Crippen molar-refractivity contribution in [1.29, 1.82) is 0 Å². The van der Waals surface area contributed by atoms with Crippen LogP contribution in [0.2, 0.25) is 15.1 Å². The number of carbonyl (C=O) groups is 1. The Labute approximate surface area is 223 Å². The van der Waals surface area contributed by atoms with Crippen LogP contribution in [0, 0.1) is 12.8 Å². The Morgan fingerprint density at radius 3 is 2.31 bits per heavy atom. The second kappa shape index (κ2) is 10.6. The van der Waals surface area contributed by atoms with E-state index in [0.717, 1.165) is 11.1 Å². The van der Waals surface area contributed by atoms with E-state index >= 15 is 0 Å². The molecule has 4 rings (SSSR count). The number of carbonyl (C=O) groups excluding carboxylic acids is 1. The summed E-state index contributed by atoms with van der Waals surface area (Å²) in [6, 6.07) is 14.3. The zero-order valence-electron chi connectivity index (χ0n) is 19.9. The molecule has 0 saturated heterocycles. The molecule has 0 unspecified atom stereocenters. The molecule has 2 aromatic heterocycles. The number of benzene rings is 2. The number of fused-ring (bicyclic) bond motifs is 1. The highest BCUT2D eigenvalue weighted by Crippen LogP contribution is 2.39. The molecule has 0 spiro atoms. The summed E-state index contributed by atoms with van der Waals surface area (Å²) >= 11 is 18.9. The van der Waals surface area contributed by atoms with Crippen LogP contribution in [0.4, 0.5) is 5.69 Å². The number of halogens is 3.